The number of hydrogen-bond acceptors (Lipinski definition) is 2. The largest absolute Gasteiger partial charge is 0.509 e. The van der Waals surface area contributed by atoms with Crippen molar-refractivity contribution in [2.45, 2.75) is 6.42 Å². The van der Waals surface area contributed by atoms with E-state index in [2.05, 4.69) is 12.2 Å². The Bertz CT molecular complexity index is 424. The second kappa shape index (κ2) is 6.66. The number of methoxy groups -OCH3 is 2. The van der Waals surface area contributed by atoms with Gasteiger partial charge in [0.2, 0.25) is 0 Å². The van der Waals surface area contributed by atoms with Crippen molar-refractivity contribution in [1.82, 2.24) is 0 Å². The van der Waals surface area contributed by atoms with E-state index >= 15 is 0 Å². The first-order valence-corrected chi connectivity index (χ1v) is 5.27. The molecule has 1 aliphatic carbocycles. The van der Waals surface area contributed by atoms with Gasteiger partial charge in [0.1, 0.15) is 0 Å². The van der Waals surface area contributed by atoms with Crippen molar-refractivity contribution >= 4 is 5.57 Å². The van der Waals surface area contributed by atoms with Crippen molar-refractivity contribution in [3.05, 3.63) is 54.2 Å². The first kappa shape index (κ1) is 14.1. The van der Waals surface area contributed by atoms with Crippen molar-refractivity contribution in [2.24, 2.45) is 0 Å². The van der Waals surface area contributed by atoms with Gasteiger partial charge in [0.05, 0.1) is 12.9 Å². The average Bonchev–Trinajstić information content (AvgIpc) is 2.38. The Kier molecular flexibility index (Phi) is 5.51. The first-order valence-electron chi connectivity index (χ1n) is 5.27. The molecule has 0 bridgehead atoms. The van der Waals surface area contributed by atoms with Gasteiger partial charge in [0.15, 0.2) is 0 Å². The molecule has 17 heavy (non-hydrogen) atoms. The van der Waals surface area contributed by atoms with E-state index in [1.807, 2.05) is 30.3 Å². The summed E-state index contributed by atoms with van der Waals surface area (Å²) in [7, 11) is 3.39. The zero-order valence-electron chi connectivity index (χ0n) is 9.88. The SMILES string of the molecule is COc1ccccc1C1=CC=CC[C-]1OC.[Pd]. The number of rotatable bonds is 3. The minimum atomic E-state index is 0. The third kappa shape index (κ3) is 3.01. The van der Waals surface area contributed by atoms with Crippen LogP contribution in [-0.2, 0) is 25.2 Å². The Balaban J connectivity index is 0.00000144. The summed E-state index contributed by atoms with van der Waals surface area (Å²) < 4.78 is 10.8. The van der Waals surface area contributed by atoms with E-state index in [-0.39, 0.29) is 20.4 Å². The number of allylic oxidation sites excluding steroid dienone is 2. The second-order valence-electron chi connectivity index (χ2n) is 3.54. The molecule has 0 atom stereocenters. The Morgan fingerprint density at radius 1 is 1.18 bits per heavy atom. The molecule has 0 aliphatic heterocycles. The average molecular weight is 322 g/mol. The van der Waals surface area contributed by atoms with Crippen molar-refractivity contribution in [2.75, 3.05) is 14.2 Å². The zero-order valence-corrected chi connectivity index (χ0v) is 11.4. The Morgan fingerprint density at radius 2 is 1.94 bits per heavy atom. The minimum absolute atomic E-state index is 0. The predicted molar refractivity (Wildman–Crippen MR) is 65.0 cm³/mol. The van der Waals surface area contributed by atoms with Crippen LogP contribution in [0.4, 0.5) is 0 Å². The van der Waals surface area contributed by atoms with Crippen LogP contribution >= 0.6 is 0 Å². The van der Waals surface area contributed by atoms with E-state index in [1.165, 1.54) is 0 Å². The van der Waals surface area contributed by atoms with Gasteiger partial charge in [-0.1, -0.05) is 17.7 Å². The molecule has 0 amide bonds. The normalized spacial score (nSPS) is 14.0. The van der Waals surface area contributed by atoms with Crippen molar-refractivity contribution < 1.29 is 29.9 Å². The molecule has 0 N–H and O–H groups in total. The van der Waals surface area contributed by atoms with Gasteiger partial charge in [-0.25, -0.2) is 0 Å². The van der Waals surface area contributed by atoms with Gasteiger partial charge in [-0.15, -0.1) is 18.2 Å². The standard InChI is InChI=1S/C14H15O2.Pd/c1-15-13-9-5-3-7-11(13)12-8-4-6-10-14(12)16-2;/h3-9H,10H2,1-2H3;/q-1;. The maximum absolute atomic E-state index is 5.40. The van der Waals surface area contributed by atoms with Crippen LogP contribution in [0.25, 0.3) is 5.57 Å². The van der Waals surface area contributed by atoms with Gasteiger partial charge >= 0.3 is 0 Å². The molecule has 94 valence electrons. The van der Waals surface area contributed by atoms with Crippen LogP contribution in [0.5, 0.6) is 5.75 Å². The molecule has 2 rings (SSSR count). The number of ether oxygens (including phenoxy) is 2. The van der Waals surface area contributed by atoms with Gasteiger partial charge in [-0.2, -0.15) is 11.6 Å². The molecule has 0 fully saturated rings. The summed E-state index contributed by atoms with van der Waals surface area (Å²) in [5, 5.41) is 0. The first-order chi connectivity index (χ1) is 7.86. The smallest absolute Gasteiger partial charge is 0.0759 e. The molecule has 2 nitrogen and oxygen atoms in total. The molecule has 0 spiro atoms. The third-order valence-electron chi connectivity index (χ3n) is 2.65. The predicted octanol–water partition coefficient (Wildman–Crippen LogP) is 3.21. The molecule has 1 aliphatic rings. The molecule has 0 radical (unpaired) electrons. The van der Waals surface area contributed by atoms with Gasteiger partial charge in [-0.3, -0.25) is 0 Å². The summed E-state index contributed by atoms with van der Waals surface area (Å²) in [6.45, 7) is 0. The minimum Gasteiger partial charge on any atom is -0.509 e. The van der Waals surface area contributed by atoms with Crippen molar-refractivity contribution in [3.63, 3.8) is 0 Å². The quantitative estimate of drug-likeness (QED) is 0.629. The summed E-state index contributed by atoms with van der Waals surface area (Å²) in [4.78, 5) is 0. The summed E-state index contributed by atoms with van der Waals surface area (Å²) in [5.74, 6) is 0.874. The van der Waals surface area contributed by atoms with E-state index in [1.54, 1.807) is 14.2 Å². The topological polar surface area (TPSA) is 18.5 Å². The van der Waals surface area contributed by atoms with E-state index in [0.29, 0.717) is 0 Å². The molecule has 3 heteroatoms. The summed E-state index contributed by atoms with van der Waals surface area (Å²) in [5.41, 5.74) is 2.17. The van der Waals surface area contributed by atoms with Gasteiger partial charge in [0.25, 0.3) is 0 Å². The fourth-order valence-electron chi connectivity index (χ4n) is 1.84. The van der Waals surface area contributed by atoms with Crippen LogP contribution in [0.15, 0.2) is 42.5 Å². The maximum Gasteiger partial charge on any atom is 0.0759 e. The molecule has 0 saturated heterocycles. The Labute approximate surface area is 116 Å². The summed E-state index contributed by atoms with van der Waals surface area (Å²) in [6, 6.07) is 7.98. The number of benzene rings is 1. The fourth-order valence-corrected chi connectivity index (χ4v) is 1.84. The molecule has 1 aromatic carbocycles. The molecule has 1 aromatic rings. The summed E-state index contributed by atoms with van der Waals surface area (Å²) in [6.07, 6.45) is 8.00. The maximum atomic E-state index is 5.40. The molecule has 0 saturated carbocycles. The van der Waals surface area contributed by atoms with Crippen LogP contribution in [0, 0.1) is 6.10 Å². The van der Waals surface area contributed by atoms with E-state index < -0.39 is 0 Å². The Hall–Kier alpha value is -1.01. The fraction of sp³-hybridized carbons (Fsp3) is 0.214. The van der Waals surface area contributed by atoms with Crippen LogP contribution in [0.1, 0.15) is 12.0 Å². The van der Waals surface area contributed by atoms with E-state index in [4.69, 9.17) is 9.47 Å². The number of para-hydroxylation sites is 1. The van der Waals surface area contributed by atoms with Crippen molar-refractivity contribution in [3.8, 4) is 5.75 Å². The van der Waals surface area contributed by atoms with Crippen LogP contribution < -0.4 is 4.74 Å². The second-order valence-corrected chi connectivity index (χ2v) is 3.54. The molecular weight excluding hydrogens is 307 g/mol. The van der Waals surface area contributed by atoms with Gasteiger partial charge < -0.3 is 9.47 Å². The molecule has 0 heterocycles. The van der Waals surface area contributed by atoms with Gasteiger partial charge in [-0.05, 0) is 18.6 Å². The van der Waals surface area contributed by atoms with Crippen molar-refractivity contribution in [1.29, 1.82) is 0 Å². The zero-order chi connectivity index (χ0) is 11.4. The van der Waals surface area contributed by atoms with E-state index in [9.17, 15) is 0 Å². The van der Waals surface area contributed by atoms with E-state index in [0.717, 1.165) is 29.4 Å². The van der Waals surface area contributed by atoms with Crippen LogP contribution in [0.3, 0.4) is 0 Å². The van der Waals surface area contributed by atoms with Gasteiger partial charge in [0, 0.05) is 27.5 Å². The van der Waals surface area contributed by atoms with Crippen LogP contribution in [0.2, 0.25) is 0 Å². The summed E-state index contributed by atoms with van der Waals surface area (Å²) >= 11 is 0. The molecule has 0 aromatic heterocycles. The monoisotopic (exact) mass is 321 g/mol. The van der Waals surface area contributed by atoms with Crippen LogP contribution in [-0.4, -0.2) is 14.2 Å². The Morgan fingerprint density at radius 3 is 2.65 bits per heavy atom. The number of hydrogen-bond donors (Lipinski definition) is 0. The molecule has 0 unspecified atom stereocenters. The molecular formula is C14H15O2Pd-. The third-order valence-corrected chi connectivity index (χ3v) is 2.65.